The van der Waals surface area contributed by atoms with Crippen molar-refractivity contribution in [3.05, 3.63) is 58.7 Å². The molecule has 4 rings (SSSR count). The molecule has 0 aliphatic carbocycles. The van der Waals surface area contributed by atoms with Gasteiger partial charge in [0.05, 0.1) is 6.61 Å². The van der Waals surface area contributed by atoms with Gasteiger partial charge in [-0.05, 0) is 79.8 Å². The van der Waals surface area contributed by atoms with E-state index >= 15 is 0 Å². The molecule has 2 aromatic carbocycles. The molecule has 0 amide bonds. The van der Waals surface area contributed by atoms with Crippen molar-refractivity contribution in [3.8, 4) is 5.75 Å². The van der Waals surface area contributed by atoms with Crippen molar-refractivity contribution in [3.63, 3.8) is 0 Å². The number of rotatable bonds is 3. The molecule has 0 bridgehead atoms. The van der Waals surface area contributed by atoms with Gasteiger partial charge in [0.1, 0.15) is 5.75 Å². The van der Waals surface area contributed by atoms with E-state index in [-0.39, 0.29) is 0 Å². The molecule has 26 heavy (non-hydrogen) atoms. The third-order valence-electron chi connectivity index (χ3n) is 5.44. The van der Waals surface area contributed by atoms with Crippen LogP contribution in [0.5, 0.6) is 5.75 Å². The van der Waals surface area contributed by atoms with Crippen LogP contribution in [0.2, 0.25) is 0 Å². The second-order valence-electron chi connectivity index (χ2n) is 7.12. The number of hydrogen-bond acceptors (Lipinski definition) is 3. The fraction of sp³-hybridized carbons (Fsp3) is 0.391. The standard InChI is InChI=1S/C23H27NOS/c1-4-16-7-6-8-20-23(16)22(17-11-13-24(3)14-12-17)19-10-9-18(25-5-2)15-21(19)26-20/h6-10,15H,4-5,11-14H2,1-3H3. The average molecular weight is 366 g/mol. The van der Waals surface area contributed by atoms with Gasteiger partial charge < -0.3 is 9.64 Å². The van der Waals surface area contributed by atoms with Gasteiger partial charge >= 0.3 is 0 Å². The smallest absolute Gasteiger partial charge is 0.120 e. The summed E-state index contributed by atoms with van der Waals surface area (Å²) in [6, 6.07) is 13.4. The van der Waals surface area contributed by atoms with E-state index in [1.54, 1.807) is 5.57 Å². The summed E-state index contributed by atoms with van der Waals surface area (Å²) in [4.78, 5) is 5.16. The molecule has 0 spiro atoms. The summed E-state index contributed by atoms with van der Waals surface area (Å²) in [6.07, 6.45) is 3.41. The molecule has 0 unspecified atom stereocenters. The Morgan fingerprint density at radius 3 is 2.58 bits per heavy atom. The fourth-order valence-electron chi connectivity index (χ4n) is 4.05. The lowest BCUT2D eigenvalue weighted by Crippen LogP contribution is -2.27. The first-order valence-corrected chi connectivity index (χ1v) is 10.5. The average Bonchev–Trinajstić information content (AvgIpc) is 2.66. The molecular weight excluding hydrogens is 338 g/mol. The Labute approximate surface area is 161 Å². The summed E-state index contributed by atoms with van der Waals surface area (Å²) in [5.74, 6) is 0.974. The quantitative estimate of drug-likeness (QED) is 0.596. The maximum absolute atomic E-state index is 5.76. The van der Waals surface area contributed by atoms with E-state index in [4.69, 9.17) is 4.74 Å². The molecule has 2 heterocycles. The van der Waals surface area contributed by atoms with Crippen molar-refractivity contribution in [2.45, 2.75) is 42.9 Å². The Morgan fingerprint density at radius 1 is 1.04 bits per heavy atom. The van der Waals surface area contributed by atoms with Crippen LogP contribution >= 0.6 is 11.8 Å². The van der Waals surface area contributed by atoms with Crippen molar-refractivity contribution in [2.75, 3.05) is 26.7 Å². The molecule has 3 heteroatoms. The highest BCUT2D eigenvalue weighted by molar-refractivity contribution is 7.99. The van der Waals surface area contributed by atoms with Crippen LogP contribution in [0.4, 0.5) is 0 Å². The van der Waals surface area contributed by atoms with Gasteiger partial charge in [-0.3, -0.25) is 0 Å². The molecule has 2 aromatic rings. The minimum absolute atomic E-state index is 0.709. The van der Waals surface area contributed by atoms with Gasteiger partial charge in [-0.25, -0.2) is 0 Å². The predicted molar refractivity (Wildman–Crippen MR) is 110 cm³/mol. The number of aryl methyl sites for hydroxylation is 1. The number of piperidine rings is 1. The summed E-state index contributed by atoms with van der Waals surface area (Å²) in [5.41, 5.74) is 7.47. The number of nitrogens with zero attached hydrogens (tertiary/aromatic N) is 1. The predicted octanol–water partition coefficient (Wildman–Crippen LogP) is 5.64. The Balaban J connectivity index is 1.90. The molecule has 1 saturated heterocycles. The zero-order valence-electron chi connectivity index (χ0n) is 16.0. The number of likely N-dealkylation sites (tertiary alicyclic amines) is 1. The van der Waals surface area contributed by atoms with Gasteiger partial charge in [-0.1, -0.05) is 36.4 Å². The second kappa shape index (κ2) is 7.50. The van der Waals surface area contributed by atoms with Crippen LogP contribution < -0.4 is 4.74 Å². The Bertz CT molecular complexity index is 845. The minimum Gasteiger partial charge on any atom is -0.494 e. The SMILES string of the molecule is CCOc1ccc2c(c1)Sc1cccc(CC)c1C2=C1CCN(C)CC1. The van der Waals surface area contributed by atoms with Gasteiger partial charge in [0.25, 0.3) is 0 Å². The van der Waals surface area contributed by atoms with Crippen LogP contribution in [0.15, 0.2) is 51.8 Å². The van der Waals surface area contributed by atoms with Crippen molar-refractivity contribution in [1.82, 2.24) is 4.90 Å². The normalized spacial score (nSPS) is 17.0. The second-order valence-corrected chi connectivity index (χ2v) is 8.20. The number of ether oxygens (including phenoxy) is 1. The number of hydrogen-bond donors (Lipinski definition) is 0. The molecule has 2 aliphatic heterocycles. The van der Waals surface area contributed by atoms with E-state index < -0.39 is 0 Å². The highest BCUT2D eigenvalue weighted by Gasteiger charge is 2.27. The highest BCUT2D eigenvalue weighted by atomic mass is 32.2. The van der Waals surface area contributed by atoms with Crippen molar-refractivity contribution in [1.29, 1.82) is 0 Å². The molecule has 0 aromatic heterocycles. The largest absolute Gasteiger partial charge is 0.494 e. The highest BCUT2D eigenvalue weighted by Crippen LogP contribution is 2.49. The topological polar surface area (TPSA) is 12.5 Å². The van der Waals surface area contributed by atoms with E-state index in [0.29, 0.717) is 6.61 Å². The summed E-state index contributed by atoms with van der Waals surface area (Å²) in [6.45, 7) is 7.33. The van der Waals surface area contributed by atoms with Crippen LogP contribution in [0.1, 0.15) is 43.4 Å². The lowest BCUT2D eigenvalue weighted by molar-refractivity contribution is 0.313. The minimum atomic E-state index is 0.709. The lowest BCUT2D eigenvalue weighted by atomic mass is 9.85. The fourth-order valence-corrected chi connectivity index (χ4v) is 5.22. The van der Waals surface area contributed by atoms with E-state index in [1.165, 1.54) is 44.9 Å². The molecule has 136 valence electrons. The van der Waals surface area contributed by atoms with Gasteiger partial charge in [-0.2, -0.15) is 0 Å². The van der Waals surface area contributed by atoms with Crippen molar-refractivity contribution >= 4 is 17.3 Å². The summed E-state index contributed by atoms with van der Waals surface area (Å²) in [7, 11) is 2.23. The monoisotopic (exact) mass is 365 g/mol. The molecule has 0 N–H and O–H groups in total. The van der Waals surface area contributed by atoms with E-state index in [9.17, 15) is 0 Å². The maximum Gasteiger partial charge on any atom is 0.120 e. The third kappa shape index (κ3) is 3.19. The number of benzene rings is 2. The van der Waals surface area contributed by atoms with Crippen molar-refractivity contribution < 1.29 is 4.74 Å². The lowest BCUT2D eigenvalue weighted by Gasteiger charge is -2.31. The van der Waals surface area contributed by atoms with Crippen LogP contribution in [0.3, 0.4) is 0 Å². The molecule has 0 saturated carbocycles. The van der Waals surface area contributed by atoms with Crippen molar-refractivity contribution in [2.24, 2.45) is 0 Å². The van der Waals surface area contributed by atoms with Crippen LogP contribution in [0, 0.1) is 0 Å². The van der Waals surface area contributed by atoms with Crippen LogP contribution in [-0.2, 0) is 6.42 Å². The third-order valence-corrected chi connectivity index (χ3v) is 6.56. The summed E-state index contributed by atoms with van der Waals surface area (Å²) in [5, 5.41) is 0. The molecule has 1 fully saturated rings. The van der Waals surface area contributed by atoms with Gasteiger partial charge in [0.2, 0.25) is 0 Å². The molecule has 0 radical (unpaired) electrons. The van der Waals surface area contributed by atoms with Gasteiger partial charge in [-0.15, -0.1) is 0 Å². The zero-order valence-corrected chi connectivity index (χ0v) is 16.8. The van der Waals surface area contributed by atoms with Gasteiger partial charge in [0, 0.05) is 22.9 Å². The van der Waals surface area contributed by atoms with Crippen LogP contribution in [-0.4, -0.2) is 31.6 Å². The molecule has 0 atom stereocenters. The van der Waals surface area contributed by atoms with E-state index in [1.807, 2.05) is 18.7 Å². The Kier molecular flexibility index (Phi) is 5.10. The molecule has 2 nitrogen and oxygen atoms in total. The summed E-state index contributed by atoms with van der Waals surface area (Å²) >= 11 is 1.90. The first-order valence-electron chi connectivity index (χ1n) is 9.69. The first-order chi connectivity index (χ1) is 12.7. The molecule has 2 aliphatic rings. The summed E-state index contributed by atoms with van der Waals surface area (Å²) < 4.78 is 5.76. The first kappa shape index (κ1) is 17.7. The van der Waals surface area contributed by atoms with Gasteiger partial charge in [0.15, 0.2) is 0 Å². The van der Waals surface area contributed by atoms with E-state index in [0.717, 1.165) is 25.3 Å². The molecular formula is C23H27NOS. The zero-order chi connectivity index (χ0) is 18.1. The van der Waals surface area contributed by atoms with Crippen LogP contribution in [0.25, 0.3) is 5.57 Å². The number of fused-ring (bicyclic) bond motifs is 2. The Hall–Kier alpha value is -1.71. The van der Waals surface area contributed by atoms with E-state index in [2.05, 4.69) is 55.3 Å². The maximum atomic E-state index is 5.76. The Morgan fingerprint density at radius 2 is 1.85 bits per heavy atom.